The molecule has 0 fully saturated rings. The van der Waals surface area contributed by atoms with Gasteiger partial charge in [-0.25, -0.2) is 4.79 Å². The van der Waals surface area contributed by atoms with Crippen LogP contribution in [0.5, 0.6) is 0 Å². The lowest BCUT2D eigenvalue weighted by molar-refractivity contribution is -0.146. The van der Waals surface area contributed by atoms with Crippen LogP contribution in [0.3, 0.4) is 0 Å². The van der Waals surface area contributed by atoms with Crippen LogP contribution in [-0.4, -0.2) is 34.3 Å². The molecule has 1 N–H and O–H groups in total. The molecule has 6 nitrogen and oxygen atoms in total. The third-order valence-electron chi connectivity index (χ3n) is 2.60. The Balaban J connectivity index is 2.87. The number of nitrogens with zero attached hydrogens (tertiary/aromatic N) is 2. The summed E-state index contributed by atoms with van der Waals surface area (Å²) in [7, 11) is 3.03. The summed E-state index contributed by atoms with van der Waals surface area (Å²) in [4.78, 5) is 23.4. The molecule has 0 radical (unpaired) electrons. The van der Waals surface area contributed by atoms with E-state index in [1.165, 1.54) is 13.3 Å². The number of nitrogens with one attached hydrogen (secondary N) is 1. The Bertz CT molecular complexity index is 449. The molecule has 1 amide bonds. The largest absolute Gasteiger partial charge is 0.467 e. The fourth-order valence-electron chi connectivity index (χ4n) is 1.38. The number of aromatic nitrogens is 2. The first-order valence-corrected chi connectivity index (χ1v) is 5.19. The Morgan fingerprint density at radius 1 is 1.47 bits per heavy atom. The van der Waals surface area contributed by atoms with E-state index in [2.05, 4.69) is 15.2 Å². The van der Waals surface area contributed by atoms with Crippen molar-refractivity contribution in [3.8, 4) is 0 Å². The van der Waals surface area contributed by atoms with Gasteiger partial charge in [-0.3, -0.25) is 9.48 Å². The summed E-state index contributed by atoms with van der Waals surface area (Å²) in [6, 6.07) is 0. The summed E-state index contributed by atoms with van der Waals surface area (Å²) in [6.07, 6.45) is 1.47. The average molecular weight is 239 g/mol. The van der Waals surface area contributed by atoms with Crippen LogP contribution in [0.4, 0.5) is 0 Å². The van der Waals surface area contributed by atoms with Gasteiger partial charge in [0.25, 0.3) is 5.91 Å². The zero-order valence-corrected chi connectivity index (χ0v) is 10.7. The summed E-state index contributed by atoms with van der Waals surface area (Å²) in [5.41, 5.74) is 0.126. The molecule has 0 atom stereocenters. The van der Waals surface area contributed by atoms with Gasteiger partial charge in [0, 0.05) is 12.7 Å². The molecule has 1 heterocycles. The van der Waals surface area contributed by atoms with Gasteiger partial charge in [0.2, 0.25) is 0 Å². The molecule has 1 aromatic rings. The maximum atomic E-state index is 11.9. The molecule has 6 heteroatoms. The molecule has 0 spiro atoms. The monoisotopic (exact) mass is 239 g/mol. The number of carbonyl (C=O) groups excluding carboxylic acids is 2. The van der Waals surface area contributed by atoms with Gasteiger partial charge >= 0.3 is 5.97 Å². The second-order valence-electron chi connectivity index (χ2n) is 4.34. The lowest BCUT2D eigenvalue weighted by Crippen LogP contribution is -2.50. The summed E-state index contributed by atoms with van der Waals surface area (Å²) in [5, 5.41) is 6.58. The van der Waals surface area contributed by atoms with Gasteiger partial charge in [0.1, 0.15) is 5.54 Å². The minimum absolute atomic E-state index is 0.342. The first-order chi connectivity index (χ1) is 7.79. The number of amides is 1. The van der Waals surface area contributed by atoms with Gasteiger partial charge in [-0.2, -0.15) is 5.10 Å². The fourth-order valence-corrected chi connectivity index (χ4v) is 1.38. The molecular weight excluding hydrogens is 222 g/mol. The van der Waals surface area contributed by atoms with Crippen LogP contribution in [0.2, 0.25) is 0 Å². The number of ether oxygens (including phenoxy) is 1. The number of aryl methyl sites for hydroxylation is 1. The van der Waals surface area contributed by atoms with Gasteiger partial charge in [0.15, 0.2) is 0 Å². The topological polar surface area (TPSA) is 73.2 Å². The van der Waals surface area contributed by atoms with Gasteiger partial charge < -0.3 is 10.1 Å². The zero-order valence-electron chi connectivity index (χ0n) is 10.7. The highest BCUT2D eigenvalue weighted by Gasteiger charge is 2.31. The van der Waals surface area contributed by atoms with E-state index in [1.54, 1.807) is 32.5 Å². The van der Waals surface area contributed by atoms with E-state index in [-0.39, 0.29) is 5.91 Å². The van der Waals surface area contributed by atoms with Gasteiger partial charge in [-0.15, -0.1) is 0 Å². The Labute approximate surface area is 99.9 Å². The molecule has 0 bridgehead atoms. The predicted octanol–water partition coefficient (Wildman–Crippen LogP) is 0.410. The van der Waals surface area contributed by atoms with Gasteiger partial charge in [-0.05, 0) is 20.8 Å². The van der Waals surface area contributed by atoms with Crippen LogP contribution < -0.4 is 5.32 Å². The van der Waals surface area contributed by atoms with Crippen molar-refractivity contribution in [3.05, 3.63) is 17.5 Å². The summed E-state index contributed by atoms with van der Waals surface area (Å²) >= 11 is 0. The van der Waals surface area contributed by atoms with Crippen LogP contribution in [0.15, 0.2) is 6.20 Å². The van der Waals surface area contributed by atoms with E-state index < -0.39 is 11.5 Å². The molecule has 0 aliphatic carbocycles. The maximum Gasteiger partial charge on any atom is 0.330 e. The molecule has 17 heavy (non-hydrogen) atoms. The Morgan fingerprint density at radius 2 is 2.06 bits per heavy atom. The summed E-state index contributed by atoms with van der Waals surface area (Å²) in [6.45, 7) is 4.96. The van der Waals surface area contributed by atoms with Crippen LogP contribution in [0.1, 0.15) is 29.9 Å². The van der Waals surface area contributed by atoms with Crippen molar-refractivity contribution in [2.24, 2.45) is 7.05 Å². The molecule has 0 saturated heterocycles. The van der Waals surface area contributed by atoms with Crippen molar-refractivity contribution in [1.82, 2.24) is 15.1 Å². The highest BCUT2D eigenvalue weighted by atomic mass is 16.5. The van der Waals surface area contributed by atoms with Crippen molar-refractivity contribution < 1.29 is 14.3 Å². The minimum atomic E-state index is -1.06. The first-order valence-electron chi connectivity index (χ1n) is 5.19. The van der Waals surface area contributed by atoms with Gasteiger partial charge in [-0.1, -0.05) is 0 Å². The summed E-state index contributed by atoms with van der Waals surface area (Å²) in [5.74, 6) is -0.835. The van der Waals surface area contributed by atoms with Crippen LogP contribution in [0.25, 0.3) is 0 Å². The van der Waals surface area contributed by atoms with E-state index in [0.717, 1.165) is 5.69 Å². The fraction of sp³-hybridized carbons (Fsp3) is 0.545. The van der Waals surface area contributed by atoms with Crippen molar-refractivity contribution in [2.45, 2.75) is 26.3 Å². The van der Waals surface area contributed by atoms with Crippen molar-refractivity contribution in [2.75, 3.05) is 7.11 Å². The molecule has 0 unspecified atom stereocenters. The minimum Gasteiger partial charge on any atom is -0.467 e. The average Bonchev–Trinajstić information content (AvgIpc) is 2.58. The number of methoxy groups -OCH3 is 1. The van der Waals surface area contributed by atoms with Crippen molar-refractivity contribution in [3.63, 3.8) is 0 Å². The number of hydrogen-bond acceptors (Lipinski definition) is 4. The van der Waals surface area contributed by atoms with Crippen molar-refractivity contribution >= 4 is 11.9 Å². The van der Waals surface area contributed by atoms with Crippen LogP contribution >= 0.6 is 0 Å². The second-order valence-corrected chi connectivity index (χ2v) is 4.34. The molecule has 1 rings (SSSR count). The van der Waals surface area contributed by atoms with Gasteiger partial charge in [0.05, 0.1) is 18.9 Å². The van der Waals surface area contributed by atoms with E-state index in [1.807, 2.05) is 0 Å². The molecule has 94 valence electrons. The Hall–Kier alpha value is -1.85. The lowest BCUT2D eigenvalue weighted by Gasteiger charge is -2.22. The molecule has 0 aromatic carbocycles. The van der Waals surface area contributed by atoms with E-state index in [4.69, 9.17) is 0 Å². The number of hydrogen-bond donors (Lipinski definition) is 1. The Morgan fingerprint density at radius 3 is 2.47 bits per heavy atom. The number of esters is 1. The van der Waals surface area contributed by atoms with E-state index >= 15 is 0 Å². The third kappa shape index (κ3) is 2.64. The highest BCUT2D eigenvalue weighted by Crippen LogP contribution is 2.10. The highest BCUT2D eigenvalue weighted by molar-refractivity contribution is 5.98. The SMILES string of the molecule is COC(=O)C(C)(C)NC(=O)c1cnn(C)c1C. The number of rotatable bonds is 3. The van der Waals surface area contributed by atoms with Crippen molar-refractivity contribution in [1.29, 1.82) is 0 Å². The second kappa shape index (κ2) is 4.57. The molecule has 0 saturated carbocycles. The van der Waals surface area contributed by atoms with E-state index in [9.17, 15) is 9.59 Å². The smallest absolute Gasteiger partial charge is 0.330 e. The van der Waals surface area contributed by atoms with Crippen LogP contribution in [0, 0.1) is 6.92 Å². The molecule has 0 aliphatic rings. The third-order valence-corrected chi connectivity index (χ3v) is 2.60. The molecular formula is C11H17N3O3. The molecule has 1 aromatic heterocycles. The first kappa shape index (κ1) is 13.2. The predicted molar refractivity (Wildman–Crippen MR) is 61.5 cm³/mol. The quantitative estimate of drug-likeness (QED) is 0.775. The van der Waals surface area contributed by atoms with E-state index in [0.29, 0.717) is 5.56 Å². The molecule has 0 aliphatic heterocycles. The zero-order chi connectivity index (χ0) is 13.2. The summed E-state index contributed by atoms with van der Waals surface area (Å²) < 4.78 is 6.21. The lowest BCUT2D eigenvalue weighted by atomic mass is 10.1. The maximum absolute atomic E-state index is 11.9. The normalized spacial score (nSPS) is 11.1. The standard InChI is InChI=1S/C11H17N3O3/c1-7-8(6-12-14(7)4)9(15)13-11(2,3)10(16)17-5/h6H,1-5H3,(H,13,15). The Kier molecular flexibility index (Phi) is 3.55. The number of carbonyl (C=O) groups is 2. The van der Waals surface area contributed by atoms with Crippen LogP contribution in [-0.2, 0) is 16.6 Å².